The van der Waals surface area contributed by atoms with Gasteiger partial charge in [-0.2, -0.15) is 5.10 Å². The van der Waals surface area contributed by atoms with Crippen LogP contribution in [0.2, 0.25) is 0 Å². The molecule has 0 unspecified atom stereocenters. The highest BCUT2D eigenvalue weighted by Gasteiger charge is 1.98. The molecule has 0 aromatic rings. The largest absolute Gasteiger partial charge is 0.337 e. The zero-order valence-corrected chi connectivity index (χ0v) is 7.51. The first-order chi connectivity index (χ1) is 5.07. The summed E-state index contributed by atoms with van der Waals surface area (Å²) in [4.78, 5) is 12.3. The smallest absolute Gasteiger partial charge is 0.329 e. The Bertz CT molecular complexity index is 163. The number of hydrogen-bond donors (Lipinski definition) is 1. The maximum absolute atomic E-state index is 10.9. The Morgan fingerprint density at radius 1 is 1.55 bits per heavy atom. The lowest BCUT2D eigenvalue weighted by molar-refractivity contribution is 0.218. The predicted octanol–water partition coefficient (Wildman–Crippen LogP) is 1.04. The van der Waals surface area contributed by atoms with Gasteiger partial charge in [0.05, 0.1) is 0 Å². The van der Waals surface area contributed by atoms with E-state index in [0.29, 0.717) is 0 Å². The molecule has 4 heteroatoms. The van der Waals surface area contributed by atoms with Crippen molar-refractivity contribution >= 4 is 11.7 Å². The molecule has 0 aliphatic carbocycles. The van der Waals surface area contributed by atoms with Crippen LogP contribution in [0.1, 0.15) is 20.3 Å². The summed E-state index contributed by atoms with van der Waals surface area (Å²) in [7, 11) is 3.35. The fourth-order valence-electron chi connectivity index (χ4n) is 0.322. The minimum absolute atomic E-state index is 0.196. The number of amides is 2. The molecule has 4 nitrogen and oxygen atoms in total. The molecule has 1 N–H and O–H groups in total. The number of hydrogen-bond acceptors (Lipinski definition) is 2. The van der Waals surface area contributed by atoms with Crippen molar-refractivity contribution in [2.45, 2.75) is 20.3 Å². The topological polar surface area (TPSA) is 44.7 Å². The average Bonchev–Trinajstić information content (AvgIpc) is 1.99. The highest BCUT2D eigenvalue weighted by atomic mass is 16.2. The van der Waals surface area contributed by atoms with Gasteiger partial charge in [-0.1, -0.05) is 6.92 Å². The summed E-state index contributed by atoms with van der Waals surface area (Å²) in [5, 5.41) is 3.84. The van der Waals surface area contributed by atoms with Crippen LogP contribution in [0.4, 0.5) is 4.79 Å². The van der Waals surface area contributed by atoms with Crippen LogP contribution in [0, 0.1) is 0 Å². The first-order valence-corrected chi connectivity index (χ1v) is 3.58. The summed E-state index contributed by atoms with van der Waals surface area (Å²) in [6.07, 6.45) is 0.855. The van der Waals surface area contributed by atoms with Gasteiger partial charge in [-0.05, 0) is 13.3 Å². The lowest BCUT2D eigenvalue weighted by atomic mass is 10.3. The van der Waals surface area contributed by atoms with Gasteiger partial charge in [0.15, 0.2) is 0 Å². The monoisotopic (exact) mass is 157 g/mol. The quantitative estimate of drug-likeness (QED) is 0.472. The van der Waals surface area contributed by atoms with Crippen LogP contribution in [0.25, 0.3) is 0 Å². The van der Waals surface area contributed by atoms with Gasteiger partial charge in [0.1, 0.15) is 0 Å². The molecule has 0 saturated carbocycles. The van der Waals surface area contributed by atoms with E-state index in [1.165, 1.54) is 4.90 Å². The first-order valence-electron chi connectivity index (χ1n) is 3.58. The van der Waals surface area contributed by atoms with Crippen LogP contribution in [-0.2, 0) is 0 Å². The number of hydrazone groups is 1. The Labute approximate surface area is 67.3 Å². The normalized spacial score (nSPS) is 11.1. The number of urea groups is 1. The SMILES string of the molecule is CCC(C)=NNC(=O)N(C)C. The van der Waals surface area contributed by atoms with Crippen molar-refractivity contribution in [1.82, 2.24) is 10.3 Å². The lowest BCUT2D eigenvalue weighted by Crippen LogP contribution is -2.31. The molecule has 64 valence electrons. The van der Waals surface area contributed by atoms with E-state index in [0.717, 1.165) is 12.1 Å². The van der Waals surface area contributed by atoms with Crippen LogP contribution in [-0.4, -0.2) is 30.7 Å². The Balaban J connectivity index is 3.78. The summed E-state index contributed by atoms with van der Waals surface area (Å²) in [5.41, 5.74) is 3.32. The lowest BCUT2D eigenvalue weighted by Gasteiger charge is -2.08. The third kappa shape index (κ3) is 4.36. The molecule has 11 heavy (non-hydrogen) atoms. The van der Waals surface area contributed by atoms with Crippen LogP contribution >= 0.6 is 0 Å². The number of nitrogens with zero attached hydrogens (tertiary/aromatic N) is 2. The van der Waals surface area contributed by atoms with Gasteiger partial charge >= 0.3 is 6.03 Å². The molecule has 0 spiro atoms. The highest BCUT2D eigenvalue weighted by Crippen LogP contribution is 1.82. The highest BCUT2D eigenvalue weighted by molar-refractivity contribution is 5.83. The van der Waals surface area contributed by atoms with Crippen molar-refractivity contribution < 1.29 is 4.79 Å². The van der Waals surface area contributed by atoms with Gasteiger partial charge in [-0.15, -0.1) is 0 Å². The van der Waals surface area contributed by atoms with E-state index in [1.807, 2.05) is 13.8 Å². The van der Waals surface area contributed by atoms with Gasteiger partial charge in [-0.3, -0.25) is 0 Å². The second kappa shape index (κ2) is 4.71. The van der Waals surface area contributed by atoms with E-state index in [1.54, 1.807) is 14.1 Å². The minimum atomic E-state index is -0.196. The molecular formula is C7H15N3O. The fraction of sp³-hybridized carbons (Fsp3) is 0.714. The van der Waals surface area contributed by atoms with Crippen LogP contribution in [0.3, 0.4) is 0 Å². The number of carbonyl (C=O) groups is 1. The van der Waals surface area contributed by atoms with Gasteiger partial charge in [0.2, 0.25) is 0 Å². The first kappa shape index (κ1) is 9.94. The molecule has 0 heterocycles. The summed E-state index contributed by atoms with van der Waals surface area (Å²) < 4.78 is 0. The Morgan fingerprint density at radius 3 is 2.45 bits per heavy atom. The second-order valence-corrected chi connectivity index (χ2v) is 2.51. The van der Waals surface area contributed by atoms with Gasteiger partial charge in [0, 0.05) is 19.8 Å². The molecule has 0 aromatic heterocycles. The van der Waals surface area contributed by atoms with Crippen LogP contribution in [0.15, 0.2) is 5.10 Å². The minimum Gasteiger partial charge on any atom is -0.329 e. The zero-order chi connectivity index (χ0) is 8.85. The van der Waals surface area contributed by atoms with E-state index < -0.39 is 0 Å². The zero-order valence-electron chi connectivity index (χ0n) is 7.51. The standard InChI is InChI=1S/C7H15N3O/c1-5-6(2)8-9-7(11)10(3)4/h5H2,1-4H3,(H,9,11). The third-order valence-electron chi connectivity index (χ3n) is 1.26. The second-order valence-electron chi connectivity index (χ2n) is 2.51. The van der Waals surface area contributed by atoms with Crippen molar-refractivity contribution in [3.63, 3.8) is 0 Å². The van der Waals surface area contributed by atoms with Crippen molar-refractivity contribution in [3.05, 3.63) is 0 Å². The van der Waals surface area contributed by atoms with E-state index in [4.69, 9.17) is 0 Å². The molecular weight excluding hydrogens is 142 g/mol. The predicted molar refractivity (Wildman–Crippen MR) is 45.6 cm³/mol. The molecule has 0 fully saturated rings. The average molecular weight is 157 g/mol. The summed E-state index contributed by atoms with van der Waals surface area (Å²) in [5.74, 6) is 0. The Morgan fingerprint density at radius 2 is 2.09 bits per heavy atom. The van der Waals surface area contributed by atoms with Crippen LogP contribution < -0.4 is 5.43 Å². The molecule has 2 amide bonds. The molecule has 0 rings (SSSR count). The fourth-order valence-corrected chi connectivity index (χ4v) is 0.322. The van der Waals surface area contributed by atoms with Crippen molar-refractivity contribution in [2.75, 3.05) is 14.1 Å². The maximum Gasteiger partial charge on any atom is 0.337 e. The summed E-state index contributed by atoms with van der Waals surface area (Å²) in [6, 6.07) is -0.196. The summed E-state index contributed by atoms with van der Waals surface area (Å²) >= 11 is 0. The van der Waals surface area contributed by atoms with E-state index in [9.17, 15) is 4.79 Å². The molecule has 0 atom stereocenters. The number of rotatable bonds is 2. The number of nitrogens with one attached hydrogen (secondary N) is 1. The van der Waals surface area contributed by atoms with Gasteiger partial charge in [-0.25, -0.2) is 10.2 Å². The Kier molecular flexibility index (Phi) is 4.26. The van der Waals surface area contributed by atoms with E-state index in [-0.39, 0.29) is 6.03 Å². The summed E-state index contributed by atoms with van der Waals surface area (Å²) in [6.45, 7) is 3.86. The van der Waals surface area contributed by atoms with Gasteiger partial charge < -0.3 is 4.90 Å². The molecule has 0 radical (unpaired) electrons. The molecule has 0 aliphatic heterocycles. The third-order valence-corrected chi connectivity index (χ3v) is 1.26. The maximum atomic E-state index is 10.9. The molecule has 0 aliphatic rings. The van der Waals surface area contributed by atoms with Crippen LogP contribution in [0.5, 0.6) is 0 Å². The van der Waals surface area contributed by atoms with Gasteiger partial charge in [0.25, 0.3) is 0 Å². The molecule has 0 bridgehead atoms. The van der Waals surface area contributed by atoms with Crippen molar-refractivity contribution in [2.24, 2.45) is 5.10 Å². The van der Waals surface area contributed by atoms with Crippen molar-refractivity contribution in [1.29, 1.82) is 0 Å². The molecule has 0 saturated heterocycles. The van der Waals surface area contributed by atoms with E-state index in [2.05, 4.69) is 10.5 Å². The molecule has 0 aromatic carbocycles. The van der Waals surface area contributed by atoms with E-state index >= 15 is 0 Å². The Hall–Kier alpha value is -1.06. The number of carbonyl (C=O) groups excluding carboxylic acids is 1. The van der Waals surface area contributed by atoms with Crippen molar-refractivity contribution in [3.8, 4) is 0 Å².